The molecule has 0 radical (unpaired) electrons. The van der Waals surface area contributed by atoms with Gasteiger partial charge in [0.15, 0.2) is 5.82 Å². The topological polar surface area (TPSA) is 63.8 Å². The van der Waals surface area contributed by atoms with Crippen LogP contribution in [0.2, 0.25) is 5.02 Å². The smallest absolute Gasteiger partial charge is 0.154 e. The van der Waals surface area contributed by atoms with Crippen molar-refractivity contribution in [2.45, 2.75) is 44.7 Å². The molecule has 0 bridgehead atoms. The fraction of sp³-hybridized carbons (Fsp3) is 0.304. The molecule has 2 aromatic carbocycles. The van der Waals surface area contributed by atoms with E-state index in [4.69, 9.17) is 27.3 Å². The highest BCUT2D eigenvalue weighted by Gasteiger charge is 2.22. The first kappa shape index (κ1) is 24.4. The van der Waals surface area contributed by atoms with Gasteiger partial charge >= 0.3 is 0 Å². The van der Waals surface area contributed by atoms with Crippen LogP contribution in [0.1, 0.15) is 42.6 Å². The van der Waals surface area contributed by atoms with Gasteiger partial charge in [-0.2, -0.15) is 0 Å². The molecule has 7 heteroatoms. The molecule has 0 aliphatic heterocycles. The zero-order valence-electron chi connectivity index (χ0n) is 16.8. The first-order valence-electron chi connectivity index (χ1n) is 9.83. The Morgan fingerprint density at radius 2 is 1.73 bits per heavy atom. The van der Waals surface area contributed by atoms with Crippen LogP contribution in [0.3, 0.4) is 0 Å². The lowest BCUT2D eigenvalue weighted by atomic mass is 9.91. The van der Waals surface area contributed by atoms with Gasteiger partial charge in [-0.15, -0.1) is 24.8 Å². The second kappa shape index (κ2) is 11.0. The zero-order valence-corrected chi connectivity index (χ0v) is 19.2. The third-order valence-corrected chi connectivity index (χ3v) is 5.56. The Morgan fingerprint density at radius 3 is 2.47 bits per heavy atom. The Balaban J connectivity index is 0.00000160. The maximum atomic E-state index is 6.36. The number of hydrogen-bond donors (Lipinski definition) is 2. The SMILES string of the molecule is Cc1ccc2nc(C=Cc3ccc(Cl)cc3)nc(N[C@@H]3CCCC[C@H]3N)c2c1.Cl.Cl. The van der Waals surface area contributed by atoms with Crippen molar-refractivity contribution in [1.29, 1.82) is 0 Å². The summed E-state index contributed by atoms with van der Waals surface area (Å²) in [5, 5.41) is 5.39. The summed E-state index contributed by atoms with van der Waals surface area (Å²) in [6.45, 7) is 2.09. The summed E-state index contributed by atoms with van der Waals surface area (Å²) < 4.78 is 0. The van der Waals surface area contributed by atoms with Crippen LogP contribution < -0.4 is 11.1 Å². The van der Waals surface area contributed by atoms with Gasteiger partial charge in [0.1, 0.15) is 5.82 Å². The summed E-state index contributed by atoms with van der Waals surface area (Å²) in [6.07, 6.45) is 8.49. The number of rotatable bonds is 4. The Bertz CT molecular complexity index is 1010. The molecule has 2 atom stereocenters. The third kappa shape index (κ3) is 5.86. The highest BCUT2D eigenvalue weighted by molar-refractivity contribution is 6.30. The van der Waals surface area contributed by atoms with Crippen molar-refractivity contribution in [2.75, 3.05) is 5.32 Å². The Kier molecular flexibility index (Phi) is 8.92. The molecule has 0 unspecified atom stereocenters. The molecule has 1 aliphatic rings. The standard InChI is InChI=1S/C23H25ClN4.2ClH/c1-15-6-12-20-18(14-15)23(27-21-5-3-2-4-19(21)25)28-22(26-20)13-9-16-7-10-17(24)11-8-16;;/h6-14,19,21H,2-5,25H2,1H3,(H,26,27,28);2*1H/t19-,21-;;/m1../s1. The molecule has 1 fully saturated rings. The quantitative estimate of drug-likeness (QED) is 0.475. The predicted molar refractivity (Wildman–Crippen MR) is 133 cm³/mol. The lowest BCUT2D eigenvalue weighted by molar-refractivity contribution is 0.403. The van der Waals surface area contributed by atoms with Gasteiger partial charge in [0, 0.05) is 22.5 Å². The maximum absolute atomic E-state index is 6.36. The van der Waals surface area contributed by atoms with E-state index in [0.29, 0.717) is 5.82 Å². The minimum Gasteiger partial charge on any atom is -0.365 e. The van der Waals surface area contributed by atoms with Crippen LogP contribution in [0.5, 0.6) is 0 Å². The van der Waals surface area contributed by atoms with Crippen molar-refractivity contribution in [1.82, 2.24) is 9.97 Å². The van der Waals surface area contributed by atoms with Crippen LogP contribution in [0.15, 0.2) is 42.5 Å². The molecule has 1 aliphatic carbocycles. The van der Waals surface area contributed by atoms with Crippen LogP contribution in [0.4, 0.5) is 5.82 Å². The van der Waals surface area contributed by atoms with Gasteiger partial charge in [0.2, 0.25) is 0 Å². The van der Waals surface area contributed by atoms with E-state index in [2.05, 4.69) is 30.4 Å². The summed E-state index contributed by atoms with van der Waals surface area (Å²) in [7, 11) is 0. The molecule has 0 saturated heterocycles. The monoisotopic (exact) mass is 464 g/mol. The first-order valence-corrected chi connectivity index (χ1v) is 10.2. The number of nitrogens with zero attached hydrogens (tertiary/aromatic N) is 2. The highest BCUT2D eigenvalue weighted by Crippen LogP contribution is 2.26. The average Bonchev–Trinajstić information content (AvgIpc) is 2.70. The molecule has 4 rings (SSSR count). The minimum atomic E-state index is 0. The number of anilines is 1. The van der Waals surface area contributed by atoms with E-state index in [0.717, 1.165) is 40.1 Å². The second-order valence-electron chi connectivity index (χ2n) is 7.54. The van der Waals surface area contributed by atoms with E-state index < -0.39 is 0 Å². The van der Waals surface area contributed by atoms with Crippen molar-refractivity contribution in [3.05, 3.63) is 64.4 Å². The average molecular weight is 466 g/mol. The molecule has 4 nitrogen and oxygen atoms in total. The van der Waals surface area contributed by atoms with E-state index >= 15 is 0 Å². The second-order valence-corrected chi connectivity index (χ2v) is 7.97. The van der Waals surface area contributed by atoms with E-state index in [1.165, 1.54) is 18.4 Å². The number of aromatic nitrogens is 2. The molecule has 0 spiro atoms. The number of aryl methyl sites for hydroxylation is 1. The maximum Gasteiger partial charge on any atom is 0.154 e. The number of nitrogens with one attached hydrogen (secondary N) is 1. The largest absolute Gasteiger partial charge is 0.365 e. The molecule has 3 N–H and O–H groups in total. The summed E-state index contributed by atoms with van der Waals surface area (Å²) in [6, 6.07) is 14.4. The molecule has 30 heavy (non-hydrogen) atoms. The number of benzene rings is 2. The summed E-state index contributed by atoms with van der Waals surface area (Å²) >= 11 is 5.96. The van der Waals surface area contributed by atoms with Crippen LogP contribution in [-0.2, 0) is 0 Å². The van der Waals surface area contributed by atoms with Crippen LogP contribution >= 0.6 is 36.4 Å². The molecule has 1 saturated carbocycles. The Labute approximate surface area is 195 Å². The number of nitrogens with two attached hydrogens (primary N) is 1. The molecule has 3 aromatic rings. The van der Waals surface area contributed by atoms with Crippen LogP contribution in [-0.4, -0.2) is 22.1 Å². The van der Waals surface area contributed by atoms with E-state index in [9.17, 15) is 0 Å². The van der Waals surface area contributed by atoms with Crippen molar-refractivity contribution >= 4 is 65.3 Å². The molecular weight excluding hydrogens is 439 g/mol. The van der Waals surface area contributed by atoms with Gasteiger partial charge in [-0.25, -0.2) is 9.97 Å². The molecule has 0 amide bonds. The third-order valence-electron chi connectivity index (χ3n) is 5.30. The Morgan fingerprint density at radius 1 is 1.00 bits per heavy atom. The van der Waals surface area contributed by atoms with Gasteiger partial charge in [-0.3, -0.25) is 0 Å². The van der Waals surface area contributed by atoms with E-state index in [1.54, 1.807) is 0 Å². The van der Waals surface area contributed by atoms with Crippen LogP contribution in [0.25, 0.3) is 23.1 Å². The summed E-state index contributed by atoms with van der Waals surface area (Å²) in [4.78, 5) is 9.54. The molecule has 160 valence electrons. The van der Waals surface area contributed by atoms with Crippen molar-refractivity contribution in [2.24, 2.45) is 5.73 Å². The summed E-state index contributed by atoms with van der Waals surface area (Å²) in [5.41, 5.74) is 9.54. The van der Waals surface area contributed by atoms with E-state index in [1.807, 2.05) is 36.4 Å². The molecular formula is C23H27Cl3N4. The van der Waals surface area contributed by atoms with Gasteiger partial charge in [0.25, 0.3) is 0 Å². The van der Waals surface area contributed by atoms with Gasteiger partial charge in [0.05, 0.1) is 5.52 Å². The van der Waals surface area contributed by atoms with Gasteiger partial charge in [-0.1, -0.05) is 54.3 Å². The normalized spacial score (nSPS) is 18.6. The van der Waals surface area contributed by atoms with Crippen molar-refractivity contribution in [3.63, 3.8) is 0 Å². The van der Waals surface area contributed by atoms with Crippen molar-refractivity contribution in [3.8, 4) is 0 Å². The first-order chi connectivity index (χ1) is 13.6. The lowest BCUT2D eigenvalue weighted by Crippen LogP contribution is -2.42. The fourth-order valence-electron chi connectivity index (χ4n) is 3.70. The van der Waals surface area contributed by atoms with Crippen molar-refractivity contribution < 1.29 is 0 Å². The van der Waals surface area contributed by atoms with Crippen LogP contribution in [0, 0.1) is 6.92 Å². The van der Waals surface area contributed by atoms with Gasteiger partial charge in [-0.05, 0) is 55.7 Å². The Hall–Kier alpha value is -1.85. The minimum absolute atomic E-state index is 0. The highest BCUT2D eigenvalue weighted by atomic mass is 35.5. The molecule has 1 heterocycles. The lowest BCUT2D eigenvalue weighted by Gasteiger charge is -2.30. The van der Waals surface area contributed by atoms with E-state index in [-0.39, 0.29) is 36.9 Å². The zero-order chi connectivity index (χ0) is 19.5. The fourth-order valence-corrected chi connectivity index (χ4v) is 3.83. The summed E-state index contributed by atoms with van der Waals surface area (Å²) in [5.74, 6) is 1.55. The predicted octanol–water partition coefficient (Wildman–Crippen LogP) is 6.29. The molecule has 1 aromatic heterocycles. The number of hydrogen-bond acceptors (Lipinski definition) is 4. The van der Waals surface area contributed by atoms with Gasteiger partial charge < -0.3 is 11.1 Å². The number of fused-ring (bicyclic) bond motifs is 1. The number of halogens is 3.